The van der Waals surface area contributed by atoms with Gasteiger partial charge in [-0.15, -0.1) is 0 Å². The summed E-state index contributed by atoms with van der Waals surface area (Å²) in [6.45, 7) is 7.34. The first-order chi connectivity index (χ1) is 11.8. The fourth-order valence-corrected chi connectivity index (χ4v) is 3.47. The predicted octanol–water partition coefficient (Wildman–Crippen LogP) is 2.49. The van der Waals surface area contributed by atoms with Gasteiger partial charge >= 0.3 is 0 Å². The van der Waals surface area contributed by atoms with E-state index < -0.39 is 0 Å². The van der Waals surface area contributed by atoms with Crippen LogP contribution < -0.4 is 10.1 Å². The number of hydrogen-bond acceptors (Lipinski definition) is 3. The van der Waals surface area contributed by atoms with Crippen LogP contribution in [0.25, 0.3) is 0 Å². The third-order valence-corrected chi connectivity index (χ3v) is 4.80. The molecule has 5 heteroatoms. The summed E-state index contributed by atoms with van der Waals surface area (Å²) in [5.41, 5.74) is 1.29. The normalized spacial score (nSPS) is 23.5. The minimum atomic E-state index is 0.437. The monoisotopic (exact) mass is 331 g/mol. The van der Waals surface area contributed by atoms with E-state index in [0.717, 1.165) is 64.0 Å². The molecule has 1 saturated heterocycles. The van der Waals surface area contributed by atoms with Gasteiger partial charge < -0.3 is 19.7 Å². The number of rotatable bonds is 5. The molecule has 0 saturated carbocycles. The summed E-state index contributed by atoms with van der Waals surface area (Å²) in [5.74, 6) is 3.06. The van der Waals surface area contributed by atoms with Gasteiger partial charge in [0.1, 0.15) is 5.75 Å². The molecule has 0 aliphatic carbocycles. The molecule has 1 aromatic carbocycles. The quantitative estimate of drug-likeness (QED) is 0.665. The standard InChI is InChI=1S/C19H29N3O2/c1-3-20-19(22(2)13-15-8-10-23-14-15)21-12-16-9-11-24-18-7-5-4-6-17(16)18/h4-7,15-16H,3,8-14H2,1-2H3,(H,20,21). The number of nitrogens with one attached hydrogen (secondary N) is 1. The molecule has 132 valence electrons. The molecule has 3 rings (SSSR count). The molecule has 0 bridgehead atoms. The third-order valence-electron chi connectivity index (χ3n) is 4.80. The van der Waals surface area contributed by atoms with E-state index in [-0.39, 0.29) is 0 Å². The molecular weight excluding hydrogens is 302 g/mol. The summed E-state index contributed by atoms with van der Waals surface area (Å²) >= 11 is 0. The predicted molar refractivity (Wildman–Crippen MR) is 96.8 cm³/mol. The number of para-hydroxylation sites is 1. The Morgan fingerprint density at radius 2 is 2.17 bits per heavy atom. The minimum absolute atomic E-state index is 0.437. The number of ether oxygens (including phenoxy) is 2. The molecule has 0 spiro atoms. The van der Waals surface area contributed by atoms with Crippen LogP contribution in [-0.4, -0.2) is 57.4 Å². The highest BCUT2D eigenvalue weighted by atomic mass is 16.5. The van der Waals surface area contributed by atoms with Gasteiger partial charge in [-0.2, -0.15) is 0 Å². The van der Waals surface area contributed by atoms with Crippen LogP contribution in [0.4, 0.5) is 0 Å². The highest BCUT2D eigenvalue weighted by Gasteiger charge is 2.22. The van der Waals surface area contributed by atoms with E-state index in [2.05, 4.69) is 42.4 Å². The lowest BCUT2D eigenvalue weighted by molar-refractivity contribution is 0.181. The largest absolute Gasteiger partial charge is 0.493 e. The number of guanidine groups is 1. The van der Waals surface area contributed by atoms with Crippen molar-refractivity contribution in [2.75, 3.05) is 46.5 Å². The van der Waals surface area contributed by atoms with Crippen LogP contribution in [0.15, 0.2) is 29.3 Å². The molecule has 24 heavy (non-hydrogen) atoms. The summed E-state index contributed by atoms with van der Waals surface area (Å²) < 4.78 is 11.2. The van der Waals surface area contributed by atoms with E-state index >= 15 is 0 Å². The Morgan fingerprint density at radius 1 is 1.29 bits per heavy atom. The molecule has 0 radical (unpaired) electrons. The van der Waals surface area contributed by atoms with Crippen molar-refractivity contribution in [2.45, 2.75) is 25.7 Å². The zero-order valence-corrected chi connectivity index (χ0v) is 14.8. The first-order valence-electron chi connectivity index (χ1n) is 9.06. The fraction of sp³-hybridized carbons (Fsp3) is 0.632. The maximum atomic E-state index is 5.76. The van der Waals surface area contributed by atoms with Crippen LogP contribution in [-0.2, 0) is 4.74 Å². The second-order valence-electron chi connectivity index (χ2n) is 6.68. The van der Waals surface area contributed by atoms with E-state index in [0.29, 0.717) is 11.8 Å². The van der Waals surface area contributed by atoms with Crippen LogP contribution in [0.2, 0.25) is 0 Å². The van der Waals surface area contributed by atoms with Crippen LogP contribution in [0.3, 0.4) is 0 Å². The van der Waals surface area contributed by atoms with Gasteiger partial charge in [0, 0.05) is 45.1 Å². The van der Waals surface area contributed by atoms with Crippen molar-refractivity contribution >= 4 is 5.96 Å². The molecule has 1 aromatic rings. The van der Waals surface area contributed by atoms with Crippen molar-refractivity contribution in [3.8, 4) is 5.75 Å². The average molecular weight is 331 g/mol. The zero-order valence-electron chi connectivity index (χ0n) is 14.8. The molecule has 5 nitrogen and oxygen atoms in total. The number of nitrogens with zero attached hydrogens (tertiary/aromatic N) is 2. The molecular formula is C19H29N3O2. The van der Waals surface area contributed by atoms with Crippen molar-refractivity contribution in [2.24, 2.45) is 10.9 Å². The van der Waals surface area contributed by atoms with Gasteiger partial charge in [-0.25, -0.2) is 0 Å². The Morgan fingerprint density at radius 3 is 2.96 bits per heavy atom. The van der Waals surface area contributed by atoms with Crippen molar-refractivity contribution in [3.05, 3.63) is 29.8 Å². The zero-order chi connectivity index (χ0) is 16.8. The lowest BCUT2D eigenvalue weighted by Gasteiger charge is -2.27. The summed E-state index contributed by atoms with van der Waals surface area (Å²) in [7, 11) is 2.12. The Bertz CT molecular complexity index is 555. The molecule has 1 fully saturated rings. The van der Waals surface area contributed by atoms with Crippen molar-refractivity contribution < 1.29 is 9.47 Å². The molecule has 2 unspecified atom stereocenters. The Kier molecular flexibility index (Phi) is 5.96. The van der Waals surface area contributed by atoms with Crippen molar-refractivity contribution in [3.63, 3.8) is 0 Å². The van der Waals surface area contributed by atoms with Crippen molar-refractivity contribution in [1.82, 2.24) is 10.2 Å². The molecule has 2 atom stereocenters. The van der Waals surface area contributed by atoms with Gasteiger partial charge in [-0.05, 0) is 31.4 Å². The molecule has 2 aliphatic rings. The second-order valence-corrected chi connectivity index (χ2v) is 6.68. The summed E-state index contributed by atoms with van der Waals surface area (Å²) in [6, 6.07) is 8.34. The van der Waals surface area contributed by atoms with Gasteiger partial charge in [0.15, 0.2) is 5.96 Å². The van der Waals surface area contributed by atoms with E-state index in [1.165, 1.54) is 5.56 Å². The van der Waals surface area contributed by atoms with E-state index in [1.807, 2.05) is 6.07 Å². The number of benzene rings is 1. The molecule has 0 aromatic heterocycles. The van der Waals surface area contributed by atoms with Gasteiger partial charge in [0.2, 0.25) is 0 Å². The third kappa shape index (κ3) is 4.20. The molecule has 2 heterocycles. The summed E-state index contributed by atoms with van der Waals surface area (Å²) in [5, 5.41) is 3.42. The van der Waals surface area contributed by atoms with Gasteiger partial charge in [-0.3, -0.25) is 4.99 Å². The first kappa shape index (κ1) is 17.1. The lowest BCUT2D eigenvalue weighted by atomic mass is 9.93. The van der Waals surface area contributed by atoms with Gasteiger partial charge in [0.25, 0.3) is 0 Å². The molecule has 2 aliphatic heterocycles. The van der Waals surface area contributed by atoms with Crippen LogP contribution in [0.5, 0.6) is 5.75 Å². The second kappa shape index (κ2) is 8.38. The SMILES string of the molecule is CCNC(=NCC1CCOc2ccccc21)N(C)CC1CCOC1. The lowest BCUT2D eigenvalue weighted by Crippen LogP contribution is -2.41. The Balaban J connectivity index is 1.65. The van der Waals surface area contributed by atoms with Gasteiger partial charge in [0.05, 0.1) is 13.2 Å². The smallest absolute Gasteiger partial charge is 0.193 e. The van der Waals surface area contributed by atoms with Crippen molar-refractivity contribution in [1.29, 1.82) is 0 Å². The van der Waals surface area contributed by atoms with Crippen LogP contribution in [0.1, 0.15) is 31.2 Å². The number of fused-ring (bicyclic) bond motifs is 1. The minimum Gasteiger partial charge on any atom is -0.493 e. The number of hydrogen-bond donors (Lipinski definition) is 1. The first-order valence-corrected chi connectivity index (χ1v) is 9.06. The van der Waals surface area contributed by atoms with E-state index in [9.17, 15) is 0 Å². The molecule has 0 amide bonds. The van der Waals surface area contributed by atoms with E-state index in [4.69, 9.17) is 14.5 Å². The van der Waals surface area contributed by atoms with Gasteiger partial charge in [-0.1, -0.05) is 18.2 Å². The summed E-state index contributed by atoms with van der Waals surface area (Å²) in [4.78, 5) is 7.16. The maximum absolute atomic E-state index is 5.76. The van der Waals surface area contributed by atoms with Crippen LogP contribution >= 0.6 is 0 Å². The summed E-state index contributed by atoms with van der Waals surface area (Å²) in [6.07, 6.45) is 2.18. The molecule has 1 N–H and O–H groups in total. The highest BCUT2D eigenvalue weighted by molar-refractivity contribution is 5.79. The number of aliphatic imine (C=N–C) groups is 1. The highest BCUT2D eigenvalue weighted by Crippen LogP contribution is 2.33. The fourth-order valence-electron chi connectivity index (χ4n) is 3.47. The Labute approximate surface area is 145 Å². The Hall–Kier alpha value is -1.75. The van der Waals surface area contributed by atoms with Crippen LogP contribution in [0, 0.1) is 5.92 Å². The topological polar surface area (TPSA) is 46.1 Å². The average Bonchev–Trinajstić information content (AvgIpc) is 3.11. The van der Waals surface area contributed by atoms with E-state index in [1.54, 1.807) is 0 Å². The maximum Gasteiger partial charge on any atom is 0.193 e.